The minimum Gasteiger partial charge on any atom is -0.380 e. The summed E-state index contributed by atoms with van der Waals surface area (Å²) in [4.78, 5) is 12.1. The maximum Gasteiger partial charge on any atom is 0.227 e. The summed E-state index contributed by atoms with van der Waals surface area (Å²) < 4.78 is 21.5. The molecule has 1 amide bonds. The van der Waals surface area contributed by atoms with Gasteiger partial charge >= 0.3 is 0 Å². The van der Waals surface area contributed by atoms with E-state index in [9.17, 15) is 9.18 Å². The Balaban J connectivity index is 0.00000196. The number of rotatable bonds is 6. The quantitative estimate of drug-likeness (QED) is 0.729. The number of hydrogen-bond acceptors (Lipinski definition) is 5. The summed E-state index contributed by atoms with van der Waals surface area (Å²) in [6.07, 6.45) is 3.86. The molecule has 0 fully saturated rings. The lowest BCUT2D eigenvalue weighted by atomic mass is 10.1. The fourth-order valence-electron chi connectivity index (χ4n) is 3.14. The average Bonchev–Trinajstić information content (AvgIpc) is 2.89. The molecule has 2 aromatic rings. The van der Waals surface area contributed by atoms with Crippen LogP contribution >= 0.6 is 24.8 Å². The summed E-state index contributed by atoms with van der Waals surface area (Å²) in [7, 11) is 1.51. The van der Waals surface area contributed by atoms with Crippen molar-refractivity contribution in [2.24, 2.45) is 5.73 Å². The molecule has 156 valence electrons. The van der Waals surface area contributed by atoms with Gasteiger partial charge in [0.2, 0.25) is 5.91 Å². The van der Waals surface area contributed by atoms with Crippen molar-refractivity contribution in [2.75, 3.05) is 19.0 Å². The van der Waals surface area contributed by atoms with Gasteiger partial charge in [-0.15, -0.1) is 35.0 Å². The van der Waals surface area contributed by atoms with Crippen molar-refractivity contribution in [1.82, 2.24) is 14.8 Å². The van der Waals surface area contributed by atoms with E-state index in [0.29, 0.717) is 17.1 Å². The zero-order valence-electron chi connectivity index (χ0n) is 15.7. The number of fused-ring (bicyclic) bond motifs is 1. The molecule has 0 spiro atoms. The molecule has 0 saturated carbocycles. The van der Waals surface area contributed by atoms with Crippen LogP contribution in [0.3, 0.4) is 0 Å². The summed E-state index contributed by atoms with van der Waals surface area (Å²) >= 11 is 0. The van der Waals surface area contributed by atoms with E-state index in [4.69, 9.17) is 10.5 Å². The number of ether oxygens (including phenoxy) is 1. The molecule has 1 unspecified atom stereocenters. The molecule has 3 rings (SSSR count). The minimum absolute atomic E-state index is 0. The van der Waals surface area contributed by atoms with Crippen molar-refractivity contribution in [2.45, 2.75) is 44.8 Å². The third kappa shape index (κ3) is 5.64. The maximum absolute atomic E-state index is 14.4. The highest BCUT2D eigenvalue weighted by Crippen LogP contribution is 2.27. The standard InChI is InChI=1S/C18H24FN5O2.2ClH/c1-26-13(11-20)10-17(25)21-12-6-7-15(19)14(9-12)18-23-22-16-5-3-2-4-8-24(16)18;;/h6-7,9,13H,2-5,8,10-11,20H2,1H3,(H,21,25);2*1H. The predicted octanol–water partition coefficient (Wildman–Crippen LogP) is 2.96. The molecular weight excluding hydrogens is 408 g/mol. The van der Waals surface area contributed by atoms with Crippen molar-refractivity contribution < 1.29 is 13.9 Å². The van der Waals surface area contributed by atoms with Gasteiger partial charge in [0, 0.05) is 32.3 Å². The second-order valence-corrected chi connectivity index (χ2v) is 6.44. The molecule has 0 radical (unpaired) electrons. The topological polar surface area (TPSA) is 95.1 Å². The number of methoxy groups -OCH3 is 1. The predicted molar refractivity (Wildman–Crippen MR) is 111 cm³/mol. The number of aryl methyl sites for hydroxylation is 1. The molecule has 0 aliphatic carbocycles. The molecule has 0 saturated heterocycles. The van der Waals surface area contributed by atoms with E-state index in [-0.39, 0.29) is 55.6 Å². The Morgan fingerprint density at radius 3 is 2.82 bits per heavy atom. The minimum atomic E-state index is -0.390. The van der Waals surface area contributed by atoms with E-state index in [2.05, 4.69) is 15.5 Å². The van der Waals surface area contributed by atoms with Gasteiger partial charge in [0.05, 0.1) is 18.1 Å². The molecule has 28 heavy (non-hydrogen) atoms. The Hall–Kier alpha value is -1.74. The number of anilines is 1. The molecule has 3 N–H and O–H groups in total. The van der Waals surface area contributed by atoms with Crippen LogP contribution in [0.2, 0.25) is 0 Å². The Labute approximate surface area is 176 Å². The van der Waals surface area contributed by atoms with Crippen LogP contribution < -0.4 is 11.1 Å². The Morgan fingerprint density at radius 2 is 2.11 bits per heavy atom. The first kappa shape index (κ1) is 24.3. The Kier molecular flexibility index (Phi) is 9.81. The molecule has 7 nitrogen and oxygen atoms in total. The van der Waals surface area contributed by atoms with Crippen LogP contribution in [-0.2, 0) is 22.5 Å². The van der Waals surface area contributed by atoms with E-state index in [1.54, 1.807) is 6.07 Å². The van der Waals surface area contributed by atoms with Gasteiger partial charge in [-0.05, 0) is 31.0 Å². The average molecular weight is 434 g/mol. The van der Waals surface area contributed by atoms with Crippen molar-refractivity contribution in [3.8, 4) is 11.4 Å². The van der Waals surface area contributed by atoms with E-state index in [1.807, 2.05) is 4.57 Å². The zero-order valence-corrected chi connectivity index (χ0v) is 17.3. The van der Waals surface area contributed by atoms with Crippen LogP contribution in [0, 0.1) is 5.82 Å². The van der Waals surface area contributed by atoms with Gasteiger partial charge in [-0.25, -0.2) is 4.39 Å². The van der Waals surface area contributed by atoms with E-state index < -0.39 is 0 Å². The summed E-state index contributed by atoms with van der Waals surface area (Å²) in [5.41, 5.74) is 6.38. The first-order chi connectivity index (χ1) is 12.6. The third-order valence-corrected chi connectivity index (χ3v) is 4.61. The fraction of sp³-hybridized carbons (Fsp3) is 0.500. The molecule has 0 bridgehead atoms. The molecule has 1 aromatic heterocycles. The number of hydrogen-bond donors (Lipinski definition) is 2. The van der Waals surface area contributed by atoms with Gasteiger partial charge in [-0.2, -0.15) is 0 Å². The lowest BCUT2D eigenvalue weighted by molar-refractivity contribution is -0.118. The molecule has 10 heteroatoms. The summed E-state index contributed by atoms with van der Waals surface area (Å²) in [6, 6.07) is 4.46. The molecular formula is C18H26Cl2FN5O2. The number of carbonyl (C=O) groups excluding carboxylic acids is 1. The van der Waals surface area contributed by atoms with Crippen molar-refractivity contribution >= 4 is 36.4 Å². The summed E-state index contributed by atoms with van der Waals surface area (Å²) in [5, 5.41) is 11.2. The second kappa shape index (κ2) is 11.3. The normalized spacial score (nSPS) is 14.1. The van der Waals surface area contributed by atoms with Crippen molar-refractivity contribution in [1.29, 1.82) is 0 Å². The van der Waals surface area contributed by atoms with E-state index in [0.717, 1.165) is 38.1 Å². The second-order valence-electron chi connectivity index (χ2n) is 6.44. The first-order valence-corrected chi connectivity index (χ1v) is 8.87. The molecule has 2 heterocycles. The molecule has 1 aliphatic heterocycles. The van der Waals surface area contributed by atoms with Gasteiger partial charge in [0.25, 0.3) is 0 Å². The van der Waals surface area contributed by atoms with Gasteiger partial charge in [0.1, 0.15) is 11.6 Å². The van der Waals surface area contributed by atoms with Crippen LogP contribution in [0.1, 0.15) is 31.5 Å². The molecule has 1 aromatic carbocycles. The number of benzene rings is 1. The zero-order chi connectivity index (χ0) is 18.5. The van der Waals surface area contributed by atoms with Crippen LogP contribution in [0.15, 0.2) is 18.2 Å². The van der Waals surface area contributed by atoms with Gasteiger partial charge in [0.15, 0.2) is 5.82 Å². The number of halogens is 3. The van der Waals surface area contributed by atoms with E-state index in [1.165, 1.54) is 19.2 Å². The molecule has 1 atom stereocenters. The summed E-state index contributed by atoms with van der Waals surface area (Å²) in [6.45, 7) is 1.03. The van der Waals surface area contributed by atoms with Crippen LogP contribution in [0.25, 0.3) is 11.4 Å². The highest BCUT2D eigenvalue weighted by atomic mass is 35.5. The fourth-order valence-corrected chi connectivity index (χ4v) is 3.14. The van der Waals surface area contributed by atoms with Gasteiger partial charge < -0.3 is 20.4 Å². The first-order valence-electron chi connectivity index (χ1n) is 8.87. The van der Waals surface area contributed by atoms with Gasteiger partial charge in [-0.3, -0.25) is 4.79 Å². The Bertz CT molecular complexity index is 783. The monoisotopic (exact) mass is 433 g/mol. The van der Waals surface area contributed by atoms with Crippen LogP contribution in [0.4, 0.5) is 10.1 Å². The van der Waals surface area contributed by atoms with Crippen LogP contribution in [0.5, 0.6) is 0 Å². The SMILES string of the molecule is COC(CN)CC(=O)Nc1ccc(F)c(-c2nnc3n2CCCCC3)c1.Cl.Cl. The lowest BCUT2D eigenvalue weighted by Crippen LogP contribution is -2.28. The maximum atomic E-state index is 14.4. The Morgan fingerprint density at radius 1 is 1.32 bits per heavy atom. The van der Waals surface area contributed by atoms with E-state index >= 15 is 0 Å². The van der Waals surface area contributed by atoms with Crippen molar-refractivity contribution in [3.63, 3.8) is 0 Å². The number of carbonyl (C=O) groups is 1. The third-order valence-electron chi connectivity index (χ3n) is 4.61. The van der Waals surface area contributed by atoms with Gasteiger partial charge in [-0.1, -0.05) is 6.42 Å². The number of nitrogens with zero attached hydrogens (tertiary/aromatic N) is 3. The highest BCUT2D eigenvalue weighted by Gasteiger charge is 2.19. The smallest absolute Gasteiger partial charge is 0.227 e. The lowest BCUT2D eigenvalue weighted by Gasteiger charge is -2.13. The number of amides is 1. The number of nitrogens with one attached hydrogen (secondary N) is 1. The molecule has 1 aliphatic rings. The largest absolute Gasteiger partial charge is 0.380 e. The van der Waals surface area contributed by atoms with Crippen molar-refractivity contribution in [3.05, 3.63) is 29.8 Å². The number of aromatic nitrogens is 3. The number of nitrogens with two attached hydrogens (primary N) is 1. The summed E-state index contributed by atoms with van der Waals surface area (Å²) in [5.74, 6) is 0.767. The highest BCUT2D eigenvalue weighted by molar-refractivity contribution is 5.91. The van der Waals surface area contributed by atoms with Crippen LogP contribution in [-0.4, -0.2) is 40.4 Å².